The molecule has 0 radical (unpaired) electrons. The highest BCUT2D eigenvalue weighted by molar-refractivity contribution is 7.92. The van der Waals surface area contributed by atoms with Crippen molar-refractivity contribution < 1.29 is 13.2 Å². The Labute approximate surface area is 164 Å². The molecular weight excluding hydrogens is 376 g/mol. The summed E-state index contributed by atoms with van der Waals surface area (Å²) >= 11 is 0. The van der Waals surface area contributed by atoms with E-state index in [0.717, 1.165) is 18.5 Å². The molecule has 1 amide bonds. The fourth-order valence-electron chi connectivity index (χ4n) is 2.64. The summed E-state index contributed by atoms with van der Waals surface area (Å²) in [6.07, 6.45) is 6.07. The van der Waals surface area contributed by atoms with Crippen LogP contribution in [0.4, 0.5) is 5.69 Å². The number of imidazole rings is 1. The van der Waals surface area contributed by atoms with Gasteiger partial charge in [-0.1, -0.05) is 23.8 Å². The molecule has 0 aliphatic heterocycles. The zero-order valence-corrected chi connectivity index (χ0v) is 16.3. The fourth-order valence-corrected chi connectivity index (χ4v) is 3.69. The van der Waals surface area contributed by atoms with Crippen LogP contribution in [0, 0.1) is 6.92 Å². The summed E-state index contributed by atoms with van der Waals surface area (Å²) in [7, 11) is -3.71. The van der Waals surface area contributed by atoms with E-state index >= 15 is 0 Å². The van der Waals surface area contributed by atoms with Crippen molar-refractivity contribution in [1.82, 2.24) is 14.9 Å². The van der Waals surface area contributed by atoms with E-state index in [1.807, 2.05) is 17.7 Å². The predicted molar refractivity (Wildman–Crippen MR) is 108 cm³/mol. The lowest BCUT2D eigenvalue weighted by Crippen LogP contribution is -2.25. The second kappa shape index (κ2) is 8.71. The summed E-state index contributed by atoms with van der Waals surface area (Å²) in [5.41, 5.74) is 1.71. The molecule has 3 aromatic rings. The molecule has 0 fully saturated rings. The Balaban J connectivity index is 1.59. The van der Waals surface area contributed by atoms with Gasteiger partial charge in [-0.2, -0.15) is 0 Å². The number of nitrogens with one attached hydrogen (secondary N) is 2. The lowest BCUT2D eigenvalue weighted by atomic mass is 10.2. The summed E-state index contributed by atoms with van der Waals surface area (Å²) in [5.74, 6) is -0.248. The van der Waals surface area contributed by atoms with Crippen LogP contribution in [0.5, 0.6) is 0 Å². The Morgan fingerprint density at radius 1 is 1.14 bits per heavy atom. The number of carbonyl (C=O) groups excluding carboxylic acids is 1. The van der Waals surface area contributed by atoms with Gasteiger partial charge in [-0.25, -0.2) is 13.4 Å². The van der Waals surface area contributed by atoms with Crippen molar-refractivity contribution >= 4 is 21.6 Å². The van der Waals surface area contributed by atoms with E-state index in [9.17, 15) is 13.2 Å². The van der Waals surface area contributed by atoms with Crippen LogP contribution in [0.2, 0.25) is 0 Å². The molecule has 0 saturated carbocycles. The van der Waals surface area contributed by atoms with Gasteiger partial charge in [0.1, 0.15) is 0 Å². The van der Waals surface area contributed by atoms with Gasteiger partial charge >= 0.3 is 0 Å². The highest BCUT2D eigenvalue weighted by Gasteiger charge is 2.15. The molecule has 0 bridgehead atoms. The van der Waals surface area contributed by atoms with Crippen LogP contribution in [0.3, 0.4) is 0 Å². The largest absolute Gasteiger partial charge is 0.352 e. The molecule has 1 heterocycles. The van der Waals surface area contributed by atoms with Crippen molar-refractivity contribution in [3.63, 3.8) is 0 Å². The molecule has 0 unspecified atom stereocenters. The molecule has 0 spiro atoms. The third kappa shape index (κ3) is 5.20. The first kappa shape index (κ1) is 19.6. The third-order valence-corrected chi connectivity index (χ3v) is 5.54. The standard InChI is InChI=1S/C20H22N4O3S/c1-16-6-8-19(9-7-16)28(26,27)23-18-5-2-4-17(14-18)20(25)22-10-3-12-24-13-11-21-15-24/h2,4-9,11,13-15,23H,3,10,12H2,1H3,(H,22,25). The number of aryl methyl sites for hydroxylation is 2. The SMILES string of the molecule is Cc1ccc(S(=O)(=O)Nc2cccc(C(=O)NCCCn3ccnc3)c2)cc1. The third-order valence-electron chi connectivity index (χ3n) is 4.15. The van der Waals surface area contributed by atoms with E-state index in [1.54, 1.807) is 55.0 Å². The van der Waals surface area contributed by atoms with Gasteiger partial charge in [0.15, 0.2) is 0 Å². The number of benzene rings is 2. The Bertz CT molecular complexity index is 1030. The number of nitrogens with zero attached hydrogens (tertiary/aromatic N) is 2. The van der Waals surface area contributed by atoms with E-state index in [0.29, 0.717) is 17.8 Å². The average molecular weight is 398 g/mol. The molecular formula is C20H22N4O3S. The van der Waals surface area contributed by atoms with E-state index in [4.69, 9.17) is 0 Å². The molecule has 0 aliphatic rings. The first-order valence-corrected chi connectivity index (χ1v) is 10.4. The maximum absolute atomic E-state index is 12.5. The Morgan fingerprint density at radius 2 is 1.93 bits per heavy atom. The lowest BCUT2D eigenvalue weighted by Gasteiger charge is -2.10. The van der Waals surface area contributed by atoms with Crippen molar-refractivity contribution in [2.24, 2.45) is 0 Å². The number of hydrogen-bond donors (Lipinski definition) is 2. The Hall–Kier alpha value is -3.13. The van der Waals surface area contributed by atoms with Crippen LogP contribution in [-0.4, -0.2) is 30.4 Å². The fraction of sp³-hybridized carbons (Fsp3) is 0.200. The van der Waals surface area contributed by atoms with Crippen LogP contribution in [0.25, 0.3) is 0 Å². The van der Waals surface area contributed by atoms with Gasteiger partial charge in [-0.05, 0) is 43.7 Å². The molecule has 2 aromatic carbocycles. The van der Waals surface area contributed by atoms with Crippen LogP contribution in [-0.2, 0) is 16.6 Å². The molecule has 0 atom stereocenters. The maximum Gasteiger partial charge on any atom is 0.261 e. The Morgan fingerprint density at radius 3 is 2.64 bits per heavy atom. The Kier molecular flexibility index (Phi) is 6.10. The predicted octanol–water partition coefficient (Wildman–Crippen LogP) is 2.81. The summed E-state index contributed by atoms with van der Waals surface area (Å²) in [4.78, 5) is 16.5. The molecule has 0 aliphatic carbocycles. The molecule has 28 heavy (non-hydrogen) atoms. The second-order valence-electron chi connectivity index (χ2n) is 6.41. The average Bonchev–Trinajstić information content (AvgIpc) is 3.19. The zero-order valence-electron chi connectivity index (χ0n) is 15.5. The number of aromatic nitrogens is 2. The smallest absolute Gasteiger partial charge is 0.261 e. The van der Waals surface area contributed by atoms with Crippen molar-refractivity contribution in [2.45, 2.75) is 24.8 Å². The summed E-state index contributed by atoms with van der Waals surface area (Å²) in [6.45, 7) is 3.16. The van der Waals surface area contributed by atoms with E-state index < -0.39 is 10.0 Å². The first-order valence-electron chi connectivity index (χ1n) is 8.87. The van der Waals surface area contributed by atoms with E-state index in [-0.39, 0.29) is 10.8 Å². The van der Waals surface area contributed by atoms with Crippen LogP contribution in [0.1, 0.15) is 22.3 Å². The van der Waals surface area contributed by atoms with E-state index in [1.165, 1.54) is 6.07 Å². The quantitative estimate of drug-likeness (QED) is 0.571. The van der Waals surface area contributed by atoms with Gasteiger partial charge in [0.25, 0.3) is 15.9 Å². The van der Waals surface area contributed by atoms with Crippen LogP contribution in [0.15, 0.2) is 72.1 Å². The summed E-state index contributed by atoms with van der Waals surface area (Å²) < 4.78 is 29.5. The number of sulfonamides is 1. The molecule has 7 nitrogen and oxygen atoms in total. The summed E-state index contributed by atoms with van der Waals surface area (Å²) in [6, 6.07) is 13.0. The monoisotopic (exact) mass is 398 g/mol. The highest BCUT2D eigenvalue weighted by Crippen LogP contribution is 2.17. The van der Waals surface area contributed by atoms with Crippen molar-refractivity contribution in [2.75, 3.05) is 11.3 Å². The molecule has 146 valence electrons. The number of carbonyl (C=O) groups is 1. The zero-order chi connectivity index (χ0) is 20.0. The van der Waals surface area contributed by atoms with Gasteiger partial charge in [-0.3, -0.25) is 9.52 Å². The molecule has 0 saturated heterocycles. The number of rotatable bonds is 8. The molecule has 1 aromatic heterocycles. The maximum atomic E-state index is 12.5. The van der Waals surface area contributed by atoms with Gasteiger partial charge in [0, 0.05) is 36.7 Å². The summed E-state index contributed by atoms with van der Waals surface area (Å²) in [5, 5.41) is 2.84. The minimum Gasteiger partial charge on any atom is -0.352 e. The minimum absolute atomic E-state index is 0.174. The van der Waals surface area contributed by atoms with Gasteiger partial charge in [0.2, 0.25) is 0 Å². The lowest BCUT2D eigenvalue weighted by molar-refractivity contribution is 0.0952. The van der Waals surface area contributed by atoms with Crippen LogP contribution >= 0.6 is 0 Å². The van der Waals surface area contributed by atoms with Crippen molar-refractivity contribution in [1.29, 1.82) is 0 Å². The van der Waals surface area contributed by atoms with Gasteiger partial charge in [-0.15, -0.1) is 0 Å². The number of hydrogen-bond acceptors (Lipinski definition) is 4. The minimum atomic E-state index is -3.71. The van der Waals surface area contributed by atoms with E-state index in [2.05, 4.69) is 15.0 Å². The van der Waals surface area contributed by atoms with Gasteiger partial charge in [0.05, 0.1) is 11.2 Å². The molecule has 2 N–H and O–H groups in total. The number of anilines is 1. The second-order valence-corrected chi connectivity index (χ2v) is 8.09. The molecule has 3 rings (SSSR count). The highest BCUT2D eigenvalue weighted by atomic mass is 32.2. The first-order chi connectivity index (χ1) is 13.4. The molecule has 8 heteroatoms. The van der Waals surface area contributed by atoms with Crippen molar-refractivity contribution in [3.8, 4) is 0 Å². The number of amides is 1. The van der Waals surface area contributed by atoms with Crippen molar-refractivity contribution in [3.05, 3.63) is 78.4 Å². The van der Waals surface area contributed by atoms with Crippen LogP contribution < -0.4 is 10.0 Å². The topological polar surface area (TPSA) is 93.1 Å². The normalized spacial score (nSPS) is 11.2. The van der Waals surface area contributed by atoms with Gasteiger partial charge < -0.3 is 9.88 Å².